The van der Waals surface area contributed by atoms with Crippen molar-refractivity contribution in [1.29, 1.82) is 0 Å². The van der Waals surface area contributed by atoms with E-state index in [0.717, 1.165) is 0 Å². The van der Waals surface area contributed by atoms with Crippen molar-refractivity contribution in [2.24, 2.45) is 0 Å². The van der Waals surface area contributed by atoms with Crippen LogP contribution in [-0.2, 0) is 31.7 Å². The number of benzene rings is 2. The predicted octanol–water partition coefficient (Wildman–Crippen LogP) is 0.481. The first kappa shape index (κ1) is 26.1. The van der Waals surface area contributed by atoms with Gasteiger partial charge in [0.2, 0.25) is 0 Å². The molecule has 0 aromatic heterocycles. The molecule has 28 heavy (non-hydrogen) atoms. The number of rotatable bonds is 6. The molecular weight excluding hydrogens is 412 g/mol. The van der Waals surface area contributed by atoms with E-state index in [1.54, 1.807) is 60.7 Å². The van der Waals surface area contributed by atoms with Crippen LogP contribution in [0.3, 0.4) is 0 Å². The van der Waals surface area contributed by atoms with Crippen molar-refractivity contribution < 1.29 is 41.3 Å². The molecular formula is C17H24O9S2. The minimum atomic E-state index is -3.88. The fourth-order valence-electron chi connectivity index (χ4n) is 1.63. The van der Waals surface area contributed by atoms with Crippen LogP contribution in [0.25, 0.3) is 0 Å². The summed E-state index contributed by atoms with van der Waals surface area (Å²) in [4.78, 5) is 0. The van der Waals surface area contributed by atoms with E-state index in [-0.39, 0.29) is 24.7 Å². The largest absolute Gasteiger partial charge is 0.394 e. The van der Waals surface area contributed by atoms with Crippen LogP contribution in [0.5, 0.6) is 0 Å². The van der Waals surface area contributed by atoms with E-state index in [4.69, 9.17) is 24.4 Å². The molecule has 2 aromatic carbocycles. The Hall–Kier alpha value is -1.86. The smallest absolute Gasteiger partial charge is 0.269 e. The second-order valence-corrected chi connectivity index (χ2v) is 8.35. The van der Waals surface area contributed by atoms with Gasteiger partial charge >= 0.3 is 0 Å². The summed E-state index contributed by atoms with van der Waals surface area (Å²) in [5.41, 5.74) is 1.19. The second kappa shape index (κ2) is 13.3. The average Bonchev–Trinajstić information content (AvgIpc) is 2.61. The summed E-state index contributed by atoms with van der Waals surface area (Å²) in [7, 11) is -7.75. The number of hydrogen-bond acceptors (Lipinski definition) is 7. The van der Waals surface area contributed by atoms with Crippen LogP contribution in [0.2, 0.25) is 0 Å². The maximum atomic E-state index is 10.4. The Bertz CT molecular complexity index is 779. The van der Waals surface area contributed by atoms with E-state index < -0.39 is 26.3 Å². The molecule has 5 N–H and O–H groups in total. The summed E-state index contributed by atoms with van der Waals surface area (Å²) in [6, 6.07) is 17.0. The monoisotopic (exact) mass is 436 g/mol. The first-order valence-corrected chi connectivity index (χ1v) is 11.1. The third-order valence-electron chi connectivity index (χ3n) is 2.81. The number of aliphatic hydroxyl groups is 3. The summed E-state index contributed by atoms with van der Waals surface area (Å²) in [6.07, 6.45) is -0.954. The molecule has 0 atom stereocenters. The third kappa shape index (κ3) is 16.3. The molecule has 0 unspecified atom stereocenters. The quantitative estimate of drug-likeness (QED) is 0.404. The highest BCUT2D eigenvalue weighted by atomic mass is 32.2. The number of aliphatic hydroxyl groups excluding tert-OH is 3. The van der Waals surface area contributed by atoms with Crippen LogP contribution in [0.15, 0.2) is 60.7 Å². The Morgan fingerprint density at radius 1 is 0.643 bits per heavy atom. The molecule has 158 valence electrons. The van der Waals surface area contributed by atoms with E-state index in [9.17, 15) is 16.8 Å². The molecule has 2 aromatic rings. The lowest BCUT2D eigenvalue weighted by molar-refractivity contribution is 0.0450. The van der Waals surface area contributed by atoms with Gasteiger partial charge in [-0.1, -0.05) is 60.7 Å². The molecule has 0 radical (unpaired) electrons. The lowest BCUT2D eigenvalue weighted by atomic mass is 10.2. The molecule has 0 saturated heterocycles. The fraction of sp³-hybridized carbons (Fsp3) is 0.294. The first-order valence-electron chi connectivity index (χ1n) is 7.84. The maximum Gasteiger partial charge on any atom is 0.269 e. The van der Waals surface area contributed by atoms with Gasteiger partial charge < -0.3 is 15.3 Å². The van der Waals surface area contributed by atoms with E-state index in [2.05, 4.69) is 0 Å². The van der Waals surface area contributed by atoms with Gasteiger partial charge in [0.15, 0.2) is 0 Å². The summed E-state index contributed by atoms with van der Waals surface area (Å²) in [5, 5.41) is 24.0. The Morgan fingerprint density at radius 2 is 0.929 bits per heavy atom. The maximum absolute atomic E-state index is 10.4. The van der Waals surface area contributed by atoms with E-state index in [1.165, 1.54) is 0 Å². The zero-order valence-electron chi connectivity index (χ0n) is 14.9. The zero-order chi connectivity index (χ0) is 21.6. The molecule has 0 saturated carbocycles. The summed E-state index contributed by atoms with van der Waals surface area (Å²) in [5.74, 6) is -0.623. The second-order valence-electron chi connectivity index (χ2n) is 5.44. The summed E-state index contributed by atoms with van der Waals surface area (Å²) in [6.45, 7) is -0.729. The molecule has 11 heteroatoms. The Balaban J connectivity index is 0.000000411. The first-order chi connectivity index (χ1) is 13.0. The fourth-order valence-corrected chi connectivity index (χ4v) is 2.85. The molecule has 0 aliphatic rings. The molecule has 0 amide bonds. The Morgan fingerprint density at radius 3 is 1.11 bits per heavy atom. The van der Waals surface area contributed by atoms with Crippen LogP contribution in [0.1, 0.15) is 11.1 Å². The normalized spacial score (nSPS) is 11.1. The van der Waals surface area contributed by atoms with Crippen LogP contribution < -0.4 is 0 Å². The minimum Gasteiger partial charge on any atom is -0.394 e. The van der Waals surface area contributed by atoms with Gasteiger partial charge in [-0.2, -0.15) is 16.8 Å². The van der Waals surface area contributed by atoms with Crippen LogP contribution >= 0.6 is 0 Å². The van der Waals surface area contributed by atoms with Crippen molar-refractivity contribution in [2.45, 2.75) is 17.6 Å². The highest BCUT2D eigenvalue weighted by molar-refractivity contribution is 7.85. The van der Waals surface area contributed by atoms with E-state index in [1.807, 2.05) is 0 Å². The standard InChI is InChI=1S/2C7H8O3S.C3H8O3/c2*8-11(9,10)6-7-4-2-1-3-5-7;4-1-3(6)2-5/h2*1-5H,6H2,(H,8,9,10);3-6H,1-2H2. The molecule has 0 heterocycles. The van der Waals surface area contributed by atoms with Gasteiger partial charge in [-0.05, 0) is 11.1 Å². The van der Waals surface area contributed by atoms with E-state index >= 15 is 0 Å². The highest BCUT2D eigenvalue weighted by Crippen LogP contribution is 2.03. The van der Waals surface area contributed by atoms with Crippen LogP contribution in [-0.4, -0.2) is 60.6 Å². The van der Waals surface area contributed by atoms with Gasteiger partial charge in [0.1, 0.15) is 17.6 Å². The van der Waals surface area contributed by atoms with Crippen molar-refractivity contribution in [3.63, 3.8) is 0 Å². The molecule has 0 bridgehead atoms. The molecule has 9 nitrogen and oxygen atoms in total. The number of hydrogen-bond donors (Lipinski definition) is 5. The van der Waals surface area contributed by atoms with Gasteiger partial charge in [-0.15, -0.1) is 0 Å². The van der Waals surface area contributed by atoms with Gasteiger partial charge in [-0.25, -0.2) is 0 Å². The molecule has 0 fully saturated rings. The SMILES string of the molecule is O=S(=O)(O)Cc1ccccc1.O=S(=O)(O)Cc1ccccc1.OCC(O)CO. The summed E-state index contributed by atoms with van der Waals surface area (Å²) >= 11 is 0. The molecule has 2 rings (SSSR count). The molecule has 0 spiro atoms. The lowest BCUT2D eigenvalue weighted by Gasteiger charge is -1.96. The summed E-state index contributed by atoms with van der Waals surface area (Å²) < 4.78 is 58.3. The lowest BCUT2D eigenvalue weighted by Crippen LogP contribution is -2.15. The Labute approximate surface area is 164 Å². The van der Waals surface area contributed by atoms with Crippen molar-refractivity contribution in [2.75, 3.05) is 13.2 Å². The van der Waals surface area contributed by atoms with Gasteiger partial charge in [0.05, 0.1) is 13.2 Å². The van der Waals surface area contributed by atoms with Crippen molar-refractivity contribution in [3.8, 4) is 0 Å². The van der Waals surface area contributed by atoms with Crippen molar-refractivity contribution >= 4 is 20.2 Å². The topological polar surface area (TPSA) is 169 Å². The predicted molar refractivity (Wildman–Crippen MR) is 104 cm³/mol. The minimum absolute atomic E-state index is 0.312. The van der Waals surface area contributed by atoms with Crippen molar-refractivity contribution in [1.82, 2.24) is 0 Å². The van der Waals surface area contributed by atoms with Crippen LogP contribution in [0.4, 0.5) is 0 Å². The van der Waals surface area contributed by atoms with Crippen LogP contribution in [0, 0.1) is 0 Å². The molecule has 0 aliphatic carbocycles. The van der Waals surface area contributed by atoms with Gasteiger partial charge in [0, 0.05) is 0 Å². The third-order valence-corrected chi connectivity index (χ3v) is 4.20. The van der Waals surface area contributed by atoms with E-state index in [0.29, 0.717) is 11.1 Å². The highest BCUT2D eigenvalue weighted by Gasteiger charge is 2.05. The van der Waals surface area contributed by atoms with Gasteiger partial charge in [0.25, 0.3) is 20.2 Å². The zero-order valence-corrected chi connectivity index (χ0v) is 16.5. The van der Waals surface area contributed by atoms with Gasteiger partial charge in [-0.3, -0.25) is 9.11 Å². The van der Waals surface area contributed by atoms with Crippen molar-refractivity contribution in [3.05, 3.63) is 71.8 Å². The molecule has 0 aliphatic heterocycles. The Kier molecular flexibility index (Phi) is 12.5. The average molecular weight is 437 g/mol.